The molecule has 2 aliphatic rings. The number of carbonyl (C=O) groups excluding carboxylic acids is 1. The second-order valence-electron chi connectivity index (χ2n) is 9.62. The third-order valence-corrected chi connectivity index (χ3v) is 8.23. The molecule has 1 N–H and O–H groups in total. The van der Waals surface area contributed by atoms with E-state index in [1.807, 2.05) is 25.1 Å². The molecule has 39 heavy (non-hydrogen) atoms. The average molecular weight is 567 g/mol. The van der Waals surface area contributed by atoms with Gasteiger partial charge in [-0.3, -0.25) is 19.1 Å². The maximum absolute atomic E-state index is 13.4. The van der Waals surface area contributed by atoms with Crippen molar-refractivity contribution in [2.75, 3.05) is 18.7 Å². The zero-order valence-corrected chi connectivity index (χ0v) is 24.3. The first-order chi connectivity index (χ1) is 18.9. The number of unbranched alkanes of at least 4 members (excludes halogenated alkanes) is 4. The zero-order chi connectivity index (χ0) is 27.9. The van der Waals surface area contributed by atoms with Crippen LogP contribution >= 0.6 is 24.0 Å². The Hall–Kier alpha value is -3.29. The maximum Gasteiger partial charge on any atom is 0.270 e. The minimum absolute atomic E-state index is 0.0785. The fourth-order valence-corrected chi connectivity index (χ4v) is 6.01. The first kappa shape index (κ1) is 28.7. The SMILES string of the molecule is CCCCCCCN1C(=O)/C(=C\c2c(C)c(C#N)c(=O)n(CCC)c2NCc2ccc3c(c2)OCO3)SC1=S. The van der Waals surface area contributed by atoms with Crippen LogP contribution in [-0.4, -0.2) is 33.0 Å². The number of pyridine rings is 1. The predicted molar refractivity (Wildman–Crippen MR) is 159 cm³/mol. The summed E-state index contributed by atoms with van der Waals surface area (Å²) in [6.45, 7) is 7.53. The number of nitrogens with one attached hydrogen (secondary N) is 1. The van der Waals surface area contributed by atoms with E-state index in [0.29, 0.717) is 63.7 Å². The summed E-state index contributed by atoms with van der Waals surface area (Å²) < 4.78 is 13.1. The Balaban J connectivity index is 1.68. The molecule has 2 aromatic rings. The molecule has 0 bridgehead atoms. The smallest absolute Gasteiger partial charge is 0.270 e. The van der Waals surface area contributed by atoms with E-state index in [0.717, 1.165) is 24.8 Å². The van der Waals surface area contributed by atoms with Crippen molar-refractivity contribution in [1.82, 2.24) is 9.47 Å². The molecule has 1 saturated heterocycles. The Kier molecular flexibility index (Phi) is 9.70. The summed E-state index contributed by atoms with van der Waals surface area (Å²) in [5.41, 5.74) is 1.85. The number of aromatic nitrogens is 1. The van der Waals surface area contributed by atoms with Crippen LogP contribution < -0.4 is 20.3 Å². The second-order valence-corrected chi connectivity index (χ2v) is 11.3. The molecule has 0 saturated carbocycles. The van der Waals surface area contributed by atoms with Gasteiger partial charge in [0.05, 0.1) is 4.91 Å². The molecular weight excluding hydrogens is 532 g/mol. The van der Waals surface area contributed by atoms with E-state index in [1.165, 1.54) is 24.6 Å². The number of rotatable bonds is 12. The molecule has 0 spiro atoms. The molecule has 1 fully saturated rings. The van der Waals surface area contributed by atoms with Crippen LogP contribution in [0.1, 0.15) is 74.6 Å². The number of ether oxygens (including phenoxy) is 2. The summed E-state index contributed by atoms with van der Waals surface area (Å²) in [4.78, 5) is 28.8. The summed E-state index contributed by atoms with van der Waals surface area (Å²) >= 11 is 6.82. The highest BCUT2D eigenvalue weighted by Gasteiger charge is 2.32. The van der Waals surface area contributed by atoms with Gasteiger partial charge >= 0.3 is 0 Å². The van der Waals surface area contributed by atoms with Gasteiger partial charge in [-0.1, -0.05) is 69.6 Å². The Morgan fingerprint density at radius 2 is 1.87 bits per heavy atom. The normalized spacial score (nSPS) is 15.3. The monoisotopic (exact) mass is 566 g/mol. The molecule has 0 radical (unpaired) electrons. The van der Waals surface area contributed by atoms with E-state index in [4.69, 9.17) is 21.7 Å². The summed E-state index contributed by atoms with van der Waals surface area (Å²) in [6.07, 6.45) is 7.94. The minimum Gasteiger partial charge on any atom is -0.454 e. The topological polar surface area (TPSA) is 96.6 Å². The number of anilines is 1. The van der Waals surface area contributed by atoms with Crippen molar-refractivity contribution in [3.8, 4) is 17.6 Å². The lowest BCUT2D eigenvalue weighted by Gasteiger charge is -2.20. The van der Waals surface area contributed by atoms with Crippen molar-refractivity contribution in [3.05, 3.63) is 55.7 Å². The number of hydrogen-bond donors (Lipinski definition) is 1. The van der Waals surface area contributed by atoms with Crippen molar-refractivity contribution in [1.29, 1.82) is 5.26 Å². The quantitative estimate of drug-likeness (QED) is 0.191. The predicted octanol–water partition coefficient (Wildman–Crippen LogP) is 5.95. The number of amides is 1. The largest absolute Gasteiger partial charge is 0.454 e. The average Bonchev–Trinajstić information content (AvgIpc) is 3.50. The zero-order valence-electron chi connectivity index (χ0n) is 22.7. The van der Waals surface area contributed by atoms with Crippen LogP contribution in [0, 0.1) is 18.3 Å². The van der Waals surface area contributed by atoms with E-state index in [9.17, 15) is 14.9 Å². The summed E-state index contributed by atoms with van der Waals surface area (Å²) in [6, 6.07) is 7.78. The second kappa shape index (κ2) is 13.2. The number of nitriles is 1. The van der Waals surface area contributed by atoms with Crippen molar-refractivity contribution < 1.29 is 14.3 Å². The number of carbonyl (C=O) groups is 1. The van der Waals surface area contributed by atoms with E-state index in [1.54, 1.807) is 22.5 Å². The van der Waals surface area contributed by atoms with E-state index >= 15 is 0 Å². The lowest BCUT2D eigenvalue weighted by Crippen LogP contribution is -2.29. The molecule has 0 aliphatic carbocycles. The number of fused-ring (bicyclic) bond motifs is 1. The molecular formula is C29H34N4O4S2. The van der Waals surface area contributed by atoms with Gasteiger partial charge in [-0.25, -0.2) is 0 Å². The van der Waals surface area contributed by atoms with Gasteiger partial charge in [-0.2, -0.15) is 5.26 Å². The molecule has 1 amide bonds. The molecule has 1 aromatic carbocycles. The number of thiocarbonyl (C=S) groups is 1. The van der Waals surface area contributed by atoms with Crippen LogP contribution in [0.15, 0.2) is 27.9 Å². The third kappa shape index (κ3) is 6.31. The Morgan fingerprint density at radius 3 is 2.62 bits per heavy atom. The van der Waals surface area contributed by atoms with Gasteiger partial charge in [0.15, 0.2) is 11.5 Å². The Bertz CT molecular complexity index is 1390. The molecule has 8 nitrogen and oxygen atoms in total. The molecule has 2 aliphatic heterocycles. The van der Waals surface area contributed by atoms with Crippen molar-refractivity contribution in [2.24, 2.45) is 0 Å². The maximum atomic E-state index is 13.4. The Labute approximate surface area is 239 Å². The fourth-order valence-electron chi connectivity index (χ4n) is 4.72. The molecule has 10 heteroatoms. The van der Waals surface area contributed by atoms with Crippen LogP contribution in [0.4, 0.5) is 5.82 Å². The molecule has 206 valence electrons. The van der Waals surface area contributed by atoms with Gasteiger partial charge in [-0.05, 0) is 49.1 Å². The highest BCUT2D eigenvalue weighted by Crippen LogP contribution is 2.36. The van der Waals surface area contributed by atoms with E-state index in [2.05, 4.69) is 18.3 Å². The van der Waals surface area contributed by atoms with Gasteiger partial charge in [0.25, 0.3) is 11.5 Å². The van der Waals surface area contributed by atoms with Crippen molar-refractivity contribution in [2.45, 2.75) is 72.4 Å². The van der Waals surface area contributed by atoms with Crippen LogP contribution in [0.3, 0.4) is 0 Å². The highest BCUT2D eigenvalue weighted by atomic mass is 32.2. The first-order valence-corrected chi connectivity index (χ1v) is 14.7. The molecule has 3 heterocycles. The summed E-state index contributed by atoms with van der Waals surface area (Å²) in [5.74, 6) is 1.81. The van der Waals surface area contributed by atoms with E-state index in [-0.39, 0.29) is 23.8 Å². The summed E-state index contributed by atoms with van der Waals surface area (Å²) in [7, 11) is 0. The van der Waals surface area contributed by atoms with Crippen LogP contribution in [0.25, 0.3) is 6.08 Å². The number of hydrogen-bond acceptors (Lipinski definition) is 8. The highest BCUT2D eigenvalue weighted by molar-refractivity contribution is 8.26. The van der Waals surface area contributed by atoms with E-state index < -0.39 is 0 Å². The number of thioether (sulfide) groups is 1. The van der Waals surface area contributed by atoms with Gasteiger partial charge in [-0.15, -0.1) is 0 Å². The third-order valence-electron chi connectivity index (χ3n) is 6.85. The molecule has 0 atom stereocenters. The molecule has 0 unspecified atom stereocenters. The van der Waals surface area contributed by atoms with Crippen LogP contribution in [0.2, 0.25) is 0 Å². The minimum atomic E-state index is -0.346. The van der Waals surface area contributed by atoms with Gasteiger partial charge in [0, 0.05) is 25.2 Å². The molecule has 1 aromatic heterocycles. The fraction of sp³-hybridized carbons (Fsp3) is 0.448. The lowest BCUT2D eigenvalue weighted by molar-refractivity contribution is -0.122. The Morgan fingerprint density at radius 1 is 1.10 bits per heavy atom. The van der Waals surface area contributed by atoms with Crippen molar-refractivity contribution >= 4 is 46.1 Å². The number of benzene rings is 1. The summed E-state index contributed by atoms with van der Waals surface area (Å²) in [5, 5.41) is 13.2. The van der Waals surface area contributed by atoms with Crippen molar-refractivity contribution in [3.63, 3.8) is 0 Å². The lowest BCUT2D eigenvalue weighted by atomic mass is 10.0. The standard InChI is InChI=1S/C29H34N4O4S2/c1-4-6-7-8-9-13-33-28(35)25(39-29(33)38)15-21-19(3)22(16-30)27(34)32(12-5-2)26(21)31-17-20-10-11-23-24(14-20)37-18-36-23/h10-11,14-15,31H,4-9,12-13,17-18H2,1-3H3/b25-15+. The first-order valence-electron chi connectivity index (χ1n) is 13.4. The van der Waals surface area contributed by atoms with Gasteiger partial charge < -0.3 is 14.8 Å². The van der Waals surface area contributed by atoms with Crippen LogP contribution in [-0.2, 0) is 17.9 Å². The number of nitrogens with zero attached hydrogens (tertiary/aromatic N) is 3. The van der Waals surface area contributed by atoms with Gasteiger partial charge in [0.2, 0.25) is 6.79 Å². The van der Waals surface area contributed by atoms with Gasteiger partial charge in [0.1, 0.15) is 21.8 Å². The van der Waals surface area contributed by atoms with Crippen LogP contribution in [0.5, 0.6) is 11.5 Å². The molecule has 4 rings (SSSR count).